The molecule has 0 aliphatic carbocycles. The lowest BCUT2D eigenvalue weighted by atomic mass is 10.2. The molecule has 0 heterocycles. The van der Waals surface area contributed by atoms with E-state index < -0.39 is 15.9 Å². The van der Waals surface area contributed by atoms with E-state index in [1.807, 2.05) is 6.92 Å². The molecule has 6 nitrogen and oxygen atoms in total. The Bertz CT molecular complexity index is 1150. The first kappa shape index (κ1) is 22.7. The molecule has 8 heteroatoms. The number of hydrogen-bond acceptors (Lipinski definition) is 4. The standard InChI is InChI=1S/C23H23ClN2O4S/c1-17-6-12-22(13-7-17)31(28,29)26(20-4-3-5-21(14-20)30-2)16-23(27)25-15-18-8-10-19(24)11-9-18/h3-14H,15-16H2,1-2H3,(H,25,27). The zero-order valence-electron chi connectivity index (χ0n) is 17.2. The number of ether oxygens (including phenoxy) is 1. The lowest BCUT2D eigenvalue weighted by Gasteiger charge is -2.24. The predicted molar refractivity (Wildman–Crippen MR) is 122 cm³/mol. The Hall–Kier alpha value is -3.03. The van der Waals surface area contributed by atoms with Gasteiger partial charge in [0.05, 0.1) is 17.7 Å². The molecule has 162 valence electrons. The van der Waals surface area contributed by atoms with Crippen LogP contribution in [0.4, 0.5) is 5.69 Å². The number of carbonyl (C=O) groups excluding carboxylic acids is 1. The molecule has 0 saturated carbocycles. The molecule has 31 heavy (non-hydrogen) atoms. The van der Waals surface area contributed by atoms with Crippen LogP contribution in [0.2, 0.25) is 5.02 Å². The highest BCUT2D eigenvalue weighted by molar-refractivity contribution is 7.92. The van der Waals surface area contributed by atoms with Crippen molar-refractivity contribution < 1.29 is 17.9 Å². The topological polar surface area (TPSA) is 75.7 Å². The summed E-state index contributed by atoms with van der Waals surface area (Å²) in [6.45, 7) is 1.75. The third-order valence-corrected chi connectivity index (χ3v) is 6.68. The van der Waals surface area contributed by atoms with Crippen molar-refractivity contribution in [3.8, 4) is 5.75 Å². The maximum Gasteiger partial charge on any atom is 0.264 e. The molecule has 0 bridgehead atoms. The van der Waals surface area contributed by atoms with E-state index in [0.29, 0.717) is 16.5 Å². The summed E-state index contributed by atoms with van der Waals surface area (Å²) in [4.78, 5) is 12.8. The number of halogens is 1. The summed E-state index contributed by atoms with van der Waals surface area (Å²) in [7, 11) is -2.48. The van der Waals surface area contributed by atoms with Crippen LogP contribution in [0.1, 0.15) is 11.1 Å². The molecule has 3 aromatic rings. The summed E-state index contributed by atoms with van der Waals surface area (Å²) in [5, 5.41) is 3.36. The van der Waals surface area contributed by atoms with Crippen LogP contribution in [0.3, 0.4) is 0 Å². The second kappa shape index (κ2) is 9.85. The van der Waals surface area contributed by atoms with Gasteiger partial charge in [-0.05, 0) is 48.9 Å². The summed E-state index contributed by atoms with van der Waals surface area (Å²) in [6, 6.07) is 20.1. The zero-order valence-corrected chi connectivity index (χ0v) is 18.8. The van der Waals surface area contributed by atoms with Crippen LogP contribution >= 0.6 is 11.6 Å². The van der Waals surface area contributed by atoms with Gasteiger partial charge in [-0.1, -0.05) is 47.5 Å². The number of rotatable bonds is 8. The van der Waals surface area contributed by atoms with Crippen LogP contribution in [0.15, 0.2) is 77.7 Å². The number of hydrogen-bond donors (Lipinski definition) is 1. The number of methoxy groups -OCH3 is 1. The van der Waals surface area contributed by atoms with Crippen molar-refractivity contribution in [1.82, 2.24) is 5.32 Å². The molecular formula is C23H23ClN2O4S. The lowest BCUT2D eigenvalue weighted by molar-refractivity contribution is -0.119. The number of aryl methyl sites for hydroxylation is 1. The fraction of sp³-hybridized carbons (Fsp3) is 0.174. The second-order valence-electron chi connectivity index (χ2n) is 6.93. The van der Waals surface area contributed by atoms with Crippen LogP contribution < -0.4 is 14.4 Å². The van der Waals surface area contributed by atoms with E-state index in [0.717, 1.165) is 15.4 Å². The first-order valence-corrected chi connectivity index (χ1v) is 11.4. The molecular weight excluding hydrogens is 436 g/mol. The fourth-order valence-corrected chi connectivity index (χ4v) is 4.45. The first-order chi connectivity index (χ1) is 14.8. The van der Waals surface area contributed by atoms with Gasteiger partial charge >= 0.3 is 0 Å². The highest BCUT2D eigenvalue weighted by Crippen LogP contribution is 2.27. The van der Waals surface area contributed by atoms with Crippen molar-refractivity contribution >= 4 is 33.2 Å². The van der Waals surface area contributed by atoms with E-state index in [9.17, 15) is 13.2 Å². The van der Waals surface area contributed by atoms with Gasteiger partial charge in [-0.25, -0.2) is 8.42 Å². The summed E-state index contributed by atoms with van der Waals surface area (Å²) in [5.74, 6) is 0.0524. The molecule has 0 saturated heterocycles. The quantitative estimate of drug-likeness (QED) is 0.549. The van der Waals surface area contributed by atoms with Gasteiger partial charge in [0.1, 0.15) is 12.3 Å². The van der Waals surface area contributed by atoms with Gasteiger partial charge in [0.15, 0.2) is 0 Å². The molecule has 0 radical (unpaired) electrons. The van der Waals surface area contributed by atoms with Crippen molar-refractivity contribution in [2.45, 2.75) is 18.4 Å². The number of nitrogens with one attached hydrogen (secondary N) is 1. The summed E-state index contributed by atoms with van der Waals surface area (Å²) < 4.78 is 33.1. The molecule has 3 rings (SSSR count). The molecule has 0 aliphatic heterocycles. The number of amides is 1. The molecule has 0 unspecified atom stereocenters. The third kappa shape index (κ3) is 5.77. The van der Waals surface area contributed by atoms with E-state index >= 15 is 0 Å². The van der Waals surface area contributed by atoms with Gasteiger partial charge in [0, 0.05) is 17.6 Å². The molecule has 1 amide bonds. The van der Waals surface area contributed by atoms with Gasteiger partial charge in [0.25, 0.3) is 10.0 Å². The second-order valence-corrected chi connectivity index (χ2v) is 9.23. The Labute approximate surface area is 187 Å². The third-order valence-electron chi connectivity index (χ3n) is 4.64. The number of sulfonamides is 1. The van der Waals surface area contributed by atoms with Gasteiger partial charge in [0.2, 0.25) is 5.91 Å². The zero-order chi connectivity index (χ0) is 22.4. The highest BCUT2D eigenvalue weighted by atomic mass is 35.5. The minimum absolute atomic E-state index is 0.103. The smallest absolute Gasteiger partial charge is 0.264 e. The van der Waals surface area contributed by atoms with E-state index in [4.69, 9.17) is 16.3 Å². The average molecular weight is 459 g/mol. The normalized spacial score (nSPS) is 11.1. The summed E-state index contributed by atoms with van der Waals surface area (Å²) in [6.07, 6.45) is 0. The number of benzene rings is 3. The molecule has 0 aliphatic rings. The van der Waals surface area contributed by atoms with Gasteiger partial charge in [-0.3, -0.25) is 9.10 Å². The van der Waals surface area contributed by atoms with Crippen molar-refractivity contribution in [3.05, 3.63) is 88.9 Å². The maximum absolute atomic E-state index is 13.4. The van der Waals surface area contributed by atoms with Gasteiger partial charge in [-0.15, -0.1) is 0 Å². The van der Waals surface area contributed by atoms with E-state index in [1.165, 1.54) is 19.2 Å². The van der Waals surface area contributed by atoms with Gasteiger partial charge in [-0.2, -0.15) is 0 Å². The van der Waals surface area contributed by atoms with E-state index in [1.54, 1.807) is 60.7 Å². The molecule has 0 atom stereocenters. The number of nitrogens with zero attached hydrogens (tertiary/aromatic N) is 1. The molecule has 3 aromatic carbocycles. The van der Waals surface area contributed by atoms with Crippen molar-refractivity contribution in [2.75, 3.05) is 18.0 Å². The Morgan fingerprint density at radius 2 is 1.71 bits per heavy atom. The SMILES string of the molecule is COc1cccc(N(CC(=O)NCc2ccc(Cl)cc2)S(=O)(=O)c2ccc(C)cc2)c1. The van der Waals surface area contributed by atoms with Crippen LogP contribution in [0.5, 0.6) is 5.75 Å². The van der Waals surface area contributed by atoms with Crippen LogP contribution in [-0.2, 0) is 21.4 Å². The highest BCUT2D eigenvalue weighted by Gasteiger charge is 2.27. The van der Waals surface area contributed by atoms with E-state index in [-0.39, 0.29) is 18.0 Å². The maximum atomic E-state index is 13.4. The van der Waals surface area contributed by atoms with Crippen molar-refractivity contribution in [3.63, 3.8) is 0 Å². The molecule has 0 spiro atoms. The van der Waals surface area contributed by atoms with E-state index in [2.05, 4.69) is 5.32 Å². The number of carbonyl (C=O) groups is 1. The predicted octanol–water partition coefficient (Wildman–Crippen LogP) is 4.17. The van der Waals surface area contributed by atoms with Gasteiger partial charge < -0.3 is 10.1 Å². The van der Waals surface area contributed by atoms with Crippen molar-refractivity contribution in [2.24, 2.45) is 0 Å². The Morgan fingerprint density at radius 3 is 2.35 bits per heavy atom. The van der Waals surface area contributed by atoms with Crippen LogP contribution in [-0.4, -0.2) is 28.0 Å². The fourth-order valence-electron chi connectivity index (χ4n) is 2.91. The van der Waals surface area contributed by atoms with Crippen molar-refractivity contribution in [1.29, 1.82) is 0 Å². The first-order valence-electron chi connectivity index (χ1n) is 9.54. The molecule has 0 aromatic heterocycles. The number of anilines is 1. The van der Waals surface area contributed by atoms with Crippen LogP contribution in [0, 0.1) is 6.92 Å². The lowest BCUT2D eigenvalue weighted by Crippen LogP contribution is -2.40. The Balaban J connectivity index is 1.87. The Morgan fingerprint density at radius 1 is 1.03 bits per heavy atom. The Kier molecular flexibility index (Phi) is 7.20. The van der Waals surface area contributed by atoms with Crippen LogP contribution in [0.25, 0.3) is 0 Å². The molecule has 0 fully saturated rings. The summed E-state index contributed by atoms with van der Waals surface area (Å²) >= 11 is 5.88. The average Bonchev–Trinajstić information content (AvgIpc) is 2.77. The molecule has 1 N–H and O–H groups in total. The monoisotopic (exact) mass is 458 g/mol. The minimum atomic E-state index is -3.98. The summed E-state index contributed by atoms with van der Waals surface area (Å²) in [5.41, 5.74) is 2.13. The largest absolute Gasteiger partial charge is 0.497 e. The minimum Gasteiger partial charge on any atom is -0.497 e.